The quantitative estimate of drug-likeness (QED) is 0.0983. The molecule has 0 aliphatic carbocycles. The van der Waals surface area contributed by atoms with E-state index in [1.165, 1.54) is 25.7 Å². The monoisotopic (exact) mass is 603 g/mol. The zero-order valence-corrected chi connectivity index (χ0v) is 25.4. The van der Waals surface area contributed by atoms with Gasteiger partial charge in [0.25, 0.3) is 0 Å². The van der Waals surface area contributed by atoms with Gasteiger partial charge in [0.2, 0.25) is 29.5 Å². The molecule has 1 heterocycles. The van der Waals surface area contributed by atoms with Gasteiger partial charge in [0.05, 0.1) is 31.2 Å². The number of nitrogens with two attached hydrogens (primary N) is 1. The SMILES string of the molecule is CC(=O)CC(C(=O)NCC(O)CN)N(C)C(=O)COCCOCCNC(=O)CCN1C(=O)CC(SC(C)(C)C)C1=O. The average molecular weight is 604 g/mol. The van der Waals surface area contributed by atoms with Crippen molar-refractivity contribution in [2.45, 2.75) is 69.1 Å². The normalized spacial score (nSPS) is 16.9. The number of carbonyl (C=O) groups excluding carboxylic acids is 6. The van der Waals surface area contributed by atoms with Gasteiger partial charge in [0.15, 0.2) is 0 Å². The second-order valence-electron chi connectivity index (χ2n) is 10.6. The van der Waals surface area contributed by atoms with Gasteiger partial charge in [0.1, 0.15) is 18.4 Å². The Morgan fingerprint density at radius 2 is 1.80 bits per heavy atom. The smallest absolute Gasteiger partial charge is 0.249 e. The topological polar surface area (TPSA) is 198 Å². The first-order valence-corrected chi connectivity index (χ1v) is 14.4. The number of ketones is 1. The van der Waals surface area contributed by atoms with E-state index in [-0.39, 0.29) is 100 Å². The number of likely N-dealkylation sites (tertiary alicyclic amines) is 1. The first-order chi connectivity index (χ1) is 19.2. The molecule has 41 heavy (non-hydrogen) atoms. The van der Waals surface area contributed by atoms with Crippen molar-refractivity contribution in [2.24, 2.45) is 5.73 Å². The Kier molecular flexibility index (Phi) is 16.0. The van der Waals surface area contributed by atoms with Crippen LogP contribution in [0.2, 0.25) is 0 Å². The van der Waals surface area contributed by atoms with E-state index in [9.17, 15) is 33.9 Å². The third kappa shape index (κ3) is 14.2. The summed E-state index contributed by atoms with van der Waals surface area (Å²) in [6, 6.07) is -1.06. The van der Waals surface area contributed by atoms with Gasteiger partial charge < -0.3 is 35.8 Å². The van der Waals surface area contributed by atoms with Crippen molar-refractivity contribution in [3.05, 3.63) is 0 Å². The van der Waals surface area contributed by atoms with Crippen molar-refractivity contribution >= 4 is 47.1 Å². The summed E-state index contributed by atoms with van der Waals surface area (Å²) in [6.45, 7) is 7.41. The Morgan fingerprint density at radius 3 is 2.41 bits per heavy atom. The number of Topliss-reactive ketones (excluding diaryl/α,β-unsaturated/α-hetero) is 1. The molecule has 0 aromatic carbocycles. The highest BCUT2D eigenvalue weighted by Gasteiger charge is 2.40. The van der Waals surface area contributed by atoms with Crippen LogP contribution in [0.3, 0.4) is 0 Å². The Bertz CT molecular complexity index is 928. The van der Waals surface area contributed by atoms with Crippen LogP contribution in [0.25, 0.3) is 0 Å². The second-order valence-corrected chi connectivity index (χ2v) is 12.7. The van der Waals surface area contributed by atoms with E-state index >= 15 is 0 Å². The molecule has 234 valence electrons. The molecule has 0 aromatic heterocycles. The van der Waals surface area contributed by atoms with Crippen LogP contribution in [0.4, 0.5) is 0 Å². The van der Waals surface area contributed by atoms with Gasteiger partial charge in [-0.1, -0.05) is 20.8 Å². The number of hydrogen-bond donors (Lipinski definition) is 4. The molecule has 15 heteroatoms. The molecule has 0 radical (unpaired) electrons. The summed E-state index contributed by atoms with van der Waals surface area (Å²) in [5.74, 6) is -2.22. The van der Waals surface area contributed by atoms with E-state index in [4.69, 9.17) is 15.2 Å². The molecule has 0 saturated carbocycles. The zero-order chi connectivity index (χ0) is 31.2. The van der Waals surface area contributed by atoms with Crippen molar-refractivity contribution in [2.75, 3.05) is 59.7 Å². The molecule has 1 rings (SSSR count). The van der Waals surface area contributed by atoms with Gasteiger partial charge in [-0.05, 0) is 6.92 Å². The minimum absolute atomic E-state index is 0.000624. The van der Waals surface area contributed by atoms with Crippen molar-refractivity contribution in [3.8, 4) is 0 Å². The third-order valence-corrected chi connectivity index (χ3v) is 7.22. The van der Waals surface area contributed by atoms with Gasteiger partial charge in [-0.2, -0.15) is 0 Å². The molecule has 5 amide bonds. The molecule has 3 unspecified atom stereocenters. The summed E-state index contributed by atoms with van der Waals surface area (Å²) in [5.41, 5.74) is 5.31. The molecule has 1 saturated heterocycles. The Morgan fingerprint density at radius 1 is 1.15 bits per heavy atom. The number of carbonyl (C=O) groups is 6. The van der Waals surface area contributed by atoms with Crippen LogP contribution in [0.15, 0.2) is 0 Å². The Balaban J connectivity index is 2.25. The fraction of sp³-hybridized carbons (Fsp3) is 0.769. The fourth-order valence-corrected chi connectivity index (χ4v) is 5.03. The van der Waals surface area contributed by atoms with Gasteiger partial charge in [-0.3, -0.25) is 33.7 Å². The lowest BCUT2D eigenvalue weighted by Gasteiger charge is -2.27. The van der Waals surface area contributed by atoms with Crippen LogP contribution in [-0.4, -0.2) is 132 Å². The maximum absolute atomic E-state index is 12.5. The number of ether oxygens (including phenoxy) is 2. The van der Waals surface area contributed by atoms with Gasteiger partial charge in [-0.25, -0.2) is 0 Å². The number of hydrogen-bond acceptors (Lipinski definition) is 11. The van der Waals surface area contributed by atoms with Crippen LogP contribution in [0.1, 0.15) is 47.0 Å². The molecule has 0 bridgehead atoms. The lowest BCUT2D eigenvalue weighted by atomic mass is 10.1. The number of amides is 5. The number of nitrogens with zero attached hydrogens (tertiary/aromatic N) is 2. The first kappa shape index (κ1) is 36.4. The molecule has 1 fully saturated rings. The van der Waals surface area contributed by atoms with Crippen molar-refractivity contribution in [3.63, 3.8) is 0 Å². The average Bonchev–Trinajstić information content (AvgIpc) is 3.15. The Labute approximate surface area is 245 Å². The molecule has 1 aliphatic heterocycles. The molecule has 14 nitrogen and oxygen atoms in total. The van der Waals surface area contributed by atoms with E-state index in [1.807, 2.05) is 20.8 Å². The van der Waals surface area contributed by atoms with E-state index in [0.29, 0.717) is 0 Å². The molecule has 0 aromatic rings. The lowest BCUT2D eigenvalue weighted by molar-refractivity contribution is -0.144. The maximum Gasteiger partial charge on any atom is 0.249 e. The summed E-state index contributed by atoms with van der Waals surface area (Å²) >= 11 is 1.45. The van der Waals surface area contributed by atoms with Crippen LogP contribution in [0.5, 0.6) is 0 Å². The van der Waals surface area contributed by atoms with Gasteiger partial charge >= 0.3 is 0 Å². The lowest BCUT2D eigenvalue weighted by Crippen LogP contribution is -2.51. The predicted molar refractivity (Wildman–Crippen MR) is 152 cm³/mol. The number of aliphatic hydroxyl groups is 1. The highest BCUT2D eigenvalue weighted by molar-refractivity contribution is 8.01. The highest BCUT2D eigenvalue weighted by atomic mass is 32.2. The van der Waals surface area contributed by atoms with Crippen molar-refractivity contribution in [1.82, 2.24) is 20.4 Å². The maximum atomic E-state index is 12.5. The van der Waals surface area contributed by atoms with Crippen LogP contribution < -0.4 is 16.4 Å². The molecular weight excluding hydrogens is 558 g/mol. The van der Waals surface area contributed by atoms with Crippen LogP contribution in [-0.2, 0) is 38.2 Å². The highest BCUT2D eigenvalue weighted by Crippen LogP contribution is 2.34. The fourth-order valence-electron chi connectivity index (χ4n) is 3.72. The number of thioether (sulfide) groups is 1. The van der Waals surface area contributed by atoms with Crippen molar-refractivity contribution < 1.29 is 43.3 Å². The van der Waals surface area contributed by atoms with Gasteiger partial charge in [-0.15, -0.1) is 11.8 Å². The van der Waals surface area contributed by atoms with Crippen LogP contribution in [0, 0.1) is 0 Å². The number of imide groups is 1. The standard InChI is InChI=1S/C26H45N5O9S/c1-17(32)12-19(24(37)29-15-18(33)14-27)30(5)23(36)16-40-11-10-39-9-7-28-21(34)6-8-31-22(35)13-20(25(31)38)41-26(2,3)4/h18-20,33H,6-16,27H2,1-5H3,(H,28,34)(H,29,37). The van der Waals surface area contributed by atoms with E-state index < -0.39 is 29.2 Å². The first-order valence-electron chi connectivity index (χ1n) is 13.5. The van der Waals surface area contributed by atoms with E-state index in [2.05, 4.69) is 10.6 Å². The summed E-state index contributed by atoms with van der Waals surface area (Å²) < 4.78 is 10.5. The zero-order valence-electron chi connectivity index (χ0n) is 24.6. The number of likely N-dealkylation sites (N-methyl/N-ethyl adjacent to an activating group) is 1. The minimum Gasteiger partial charge on any atom is -0.390 e. The molecule has 5 N–H and O–H groups in total. The van der Waals surface area contributed by atoms with Crippen LogP contribution >= 0.6 is 11.8 Å². The molecule has 1 aliphatic rings. The molecule has 0 spiro atoms. The van der Waals surface area contributed by atoms with Crippen molar-refractivity contribution in [1.29, 1.82) is 0 Å². The second kappa shape index (κ2) is 18.1. The minimum atomic E-state index is -1.06. The van der Waals surface area contributed by atoms with E-state index in [0.717, 1.165) is 9.80 Å². The third-order valence-electron chi connectivity index (χ3n) is 5.86. The molecular formula is C26H45N5O9S. The number of aliphatic hydroxyl groups excluding tert-OH is 1. The summed E-state index contributed by atoms with van der Waals surface area (Å²) in [5, 5.41) is 14.2. The summed E-state index contributed by atoms with van der Waals surface area (Å²) in [6.07, 6.45) is -0.983. The largest absolute Gasteiger partial charge is 0.390 e. The van der Waals surface area contributed by atoms with E-state index in [1.54, 1.807) is 0 Å². The summed E-state index contributed by atoms with van der Waals surface area (Å²) in [7, 11) is 1.39. The molecule has 3 atom stereocenters. The Hall–Kier alpha value is -2.59. The predicted octanol–water partition coefficient (Wildman–Crippen LogP) is -1.57. The number of nitrogens with one attached hydrogen (secondary N) is 2. The summed E-state index contributed by atoms with van der Waals surface area (Å²) in [4.78, 5) is 75.5. The van der Waals surface area contributed by atoms with Gasteiger partial charge in [0, 0.05) is 57.2 Å². The number of rotatable bonds is 19.